The number of fused-ring (bicyclic) bond motifs is 1. The van der Waals surface area contributed by atoms with Crippen molar-refractivity contribution in [2.45, 2.75) is 24.8 Å². The van der Waals surface area contributed by atoms with Crippen molar-refractivity contribution in [1.82, 2.24) is 8.94 Å². The molecule has 0 amide bonds. The van der Waals surface area contributed by atoms with Crippen LogP contribution in [0.3, 0.4) is 0 Å². The van der Waals surface area contributed by atoms with Crippen LogP contribution in [0.4, 0.5) is 10.1 Å². The number of carbonyl (C=O) groups is 1. The Morgan fingerprint density at radius 2 is 2.43 bits per heavy atom. The highest BCUT2D eigenvalue weighted by Crippen LogP contribution is 2.33. The van der Waals surface area contributed by atoms with Crippen molar-refractivity contribution in [2.24, 2.45) is 10.9 Å². The third-order valence-corrected chi connectivity index (χ3v) is 5.61. The summed E-state index contributed by atoms with van der Waals surface area (Å²) in [7, 11) is 0. The van der Waals surface area contributed by atoms with Crippen LogP contribution in [0, 0.1) is 11.7 Å². The molecule has 1 aromatic carbocycles. The van der Waals surface area contributed by atoms with Gasteiger partial charge >= 0.3 is 5.97 Å². The lowest BCUT2D eigenvalue weighted by molar-refractivity contribution is -0.133. The first-order chi connectivity index (χ1) is 10.9. The predicted octanol–water partition coefficient (Wildman–Crippen LogP) is 3.34. The smallest absolute Gasteiger partial charge is 0.313 e. The molecule has 0 fully saturated rings. The van der Waals surface area contributed by atoms with Gasteiger partial charge in [0.15, 0.2) is 0 Å². The van der Waals surface area contributed by atoms with Gasteiger partial charge in [-0.25, -0.2) is 9.38 Å². The number of aromatic nitrogens is 2. The minimum Gasteiger partial charge on any atom is -0.481 e. The quantitative estimate of drug-likeness (QED) is 0.834. The Bertz CT molecular complexity index is 834. The second-order valence-electron chi connectivity index (χ2n) is 5.33. The summed E-state index contributed by atoms with van der Waals surface area (Å²) in [5.74, 6) is -0.178. The van der Waals surface area contributed by atoms with E-state index in [0.29, 0.717) is 15.6 Å². The number of halogens is 2. The minimum atomic E-state index is -0.960. The van der Waals surface area contributed by atoms with Gasteiger partial charge in [0.25, 0.3) is 0 Å². The van der Waals surface area contributed by atoms with Gasteiger partial charge in [-0.1, -0.05) is 18.5 Å². The van der Waals surface area contributed by atoms with Crippen LogP contribution in [0.5, 0.6) is 0 Å². The van der Waals surface area contributed by atoms with E-state index >= 15 is 0 Å². The highest BCUT2D eigenvalue weighted by atomic mass is 35.5. The third-order valence-electron chi connectivity index (χ3n) is 3.37. The van der Waals surface area contributed by atoms with Crippen LogP contribution in [0.15, 0.2) is 22.0 Å². The van der Waals surface area contributed by atoms with Gasteiger partial charge in [0, 0.05) is 29.4 Å². The maximum Gasteiger partial charge on any atom is 0.313 e. The Labute approximate surface area is 145 Å². The maximum absolute atomic E-state index is 14.1. The van der Waals surface area contributed by atoms with Crippen LogP contribution in [-0.2, 0) is 17.8 Å². The summed E-state index contributed by atoms with van der Waals surface area (Å²) in [6.07, 6.45) is 0.898. The van der Waals surface area contributed by atoms with Crippen LogP contribution in [0.1, 0.15) is 12.7 Å². The van der Waals surface area contributed by atoms with Crippen molar-refractivity contribution in [3.63, 3.8) is 0 Å². The molecule has 1 aliphatic rings. The molecule has 0 spiro atoms. The number of hydrogen-bond donors (Lipinski definition) is 1. The van der Waals surface area contributed by atoms with Crippen LogP contribution >= 0.6 is 34.9 Å². The first kappa shape index (κ1) is 16.5. The highest BCUT2D eigenvalue weighted by Gasteiger charge is 2.20. The fourth-order valence-corrected chi connectivity index (χ4v) is 4.12. The lowest BCUT2D eigenvalue weighted by Crippen LogP contribution is -2.13. The molecule has 23 heavy (non-hydrogen) atoms. The fourth-order valence-electron chi connectivity index (χ4n) is 2.36. The Morgan fingerprint density at radius 1 is 1.65 bits per heavy atom. The molecule has 3 rings (SSSR count). The van der Waals surface area contributed by atoms with E-state index in [1.54, 1.807) is 0 Å². The fraction of sp³-hybridized carbons (Fsp3) is 0.357. The maximum atomic E-state index is 14.1. The normalized spacial score (nSPS) is 17.5. The molecular formula is C14H13ClFN3O2S2. The second kappa shape index (κ2) is 6.62. The van der Waals surface area contributed by atoms with Crippen LogP contribution < -0.4 is 4.80 Å². The van der Waals surface area contributed by atoms with Crippen molar-refractivity contribution >= 4 is 46.6 Å². The summed E-state index contributed by atoms with van der Waals surface area (Å²) in [6, 6.07) is 2.65. The lowest BCUT2D eigenvalue weighted by atomic mass is 10.1. The minimum absolute atomic E-state index is 0.140. The molecule has 0 saturated heterocycles. The molecule has 2 heterocycles. The van der Waals surface area contributed by atoms with E-state index in [2.05, 4.69) is 16.3 Å². The summed E-state index contributed by atoms with van der Waals surface area (Å²) in [5, 5.41) is 8.94. The van der Waals surface area contributed by atoms with E-state index in [4.69, 9.17) is 16.7 Å². The lowest BCUT2D eigenvalue weighted by Gasteiger charge is -2.05. The van der Waals surface area contributed by atoms with Gasteiger partial charge in [-0.3, -0.25) is 4.79 Å². The summed E-state index contributed by atoms with van der Waals surface area (Å²) in [5.41, 5.74) is 0.140. The van der Waals surface area contributed by atoms with E-state index in [1.165, 1.54) is 23.7 Å². The Balaban J connectivity index is 1.98. The van der Waals surface area contributed by atoms with E-state index in [0.717, 1.165) is 30.6 Å². The Hall–Kier alpha value is -1.38. The highest BCUT2D eigenvalue weighted by molar-refractivity contribution is 8.00. The van der Waals surface area contributed by atoms with Crippen molar-refractivity contribution in [2.75, 3.05) is 5.75 Å². The van der Waals surface area contributed by atoms with E-state index in [9.17, 15) is 9.18 Å². The summed E-state index contributed by atoms with van der Waals surface area (Å²) < 4.78 is 20.5. The predicted molar refractivity (Wildman–Crippen MR) is 88.0 cm³/mol. The number of nitrogens with zero attached hydrogens (tertiary/aromatic N) is 3. The van der Waals surface area contributed by atoms with Crippen LogP contribution in [0.25, 0.3) is 0 Å². The van der Waals surface area contributed by atoms with Gasteiger partial charge < -0.3 is 9.67 Å². The molecule has 122 valence electrons. The standard InChI is InChI=1S/C14H13ClFN3O2S2/c1-7-2-12-18-23-14(19(12)5-7)17-10-4-11(22-6-13(20)21)8(15)3-9(10)16/h3-4,7H,2,5-6H2,1H3,(H,20,21). The van der Waals surface area contributed by atoms with E-state index in [1.807, 2.05) is 4.57 Å². The van der Waals surface area contributed by atoms with Crippen molar-refractivity contribution in [3.05, 3.63) is 33.6 Å². The number of thioether (sulfide) groups is 1. The number of carboxylic acid groups (broad SMARTS) is 1. The average Bonchev–Trinajstić information content (AvgIpc) is 3.00. The molecule has 1 aromatic heterocycles. The molecule has 2 aromatic rings. The Kier molecular flexibility index (Phi) is 4.74. The van der Waals surface area contributed by atoms with Gasteiger partial charge in [-0.05, 0) is 18.1 Å². The number of carboxylic acids is 1. The molecule has 1 atom stereocenters. The summed E-state index contributed by atoms with van der Waals surface area (Å²) in [4.78, 5) is 16.2. The zero-order valence-electron chi connectivity index (χ0n) is 12.1. The molecular weight excluding hydrogens is 361 g/mol. The summed E-state index contributed by atoms with van der Waals surface area (Å²) >= 11 is 8.24. The molecule has 0 aliphatic carbocycles. The van der Waals surface area contributed by atoms with Gasteiger partial charge in [0.1, 0.15) is 17.3 Å². The van der Waals surface area contributed by atoms with Gasteiger partial charge in [0.05, 0.1) is 10.8 Å². The van der Waals surface area contributed by atoms with Gasteiger partial charge in [-0.2, -0.15) is 4.37 Å². The van der Waals surface area contributed by atoms with E-state index in [-0.39, 0.29) is 16.5 Å². The third kappa shape index (κ3) is 3.59. The van der Waals surface area contributed by atoms with E-state index < -0.39 is 11.8 Å². The number of rotatable bonds is 4. The molecule has 1 aliphatic heterocycles. The number of benzene rings is 1. The van der Waals surface area contributed by atoms with Crippen LogP contribution in [0.2, 0.25) is 5.02 Å². The topological polar surface area (TPSA) is 67.5 Å². The van der Waals surface area contributed by atoms with Gasteiger partial charge in [0.2, 0.25) is 4.80 Å². The molecule has 9 heteroatoms. The van der Waals surface area contributed by atoms with Crippen molar-refractivity contribution in [3.8, 4) is 0 Å². The molecule has 0 saturated carbocycles. The Morgan fingerprint density at radius 3 is 3.17 bits per heavy atom. The monoisotopic (exact) mass is 373 g/mol. The largest absolute Gasteiger partial charge is 0.481 e. The molecule has 0 radical (unpaired) electrons. The van der Waals surface area contributed by atoms with Crippen molar-refractivity contribution in [1.29, 1.82) is 0 Å². The second-order valence-corrected chi connectivity index (χ2v) is 7.48. The van der Waals surface area contributed by atoms with Crippen LogP contribution in [-0.4, -0.2) is 25.8 Å². The average molecular weight is 374 g/mol. The number of aliphatic carboxylic acids is 1. The molecule has 1 N–H and O–H groups in total. The zero-order valence-corrected chi connectivity index (χ0v) is 14.5. The zero-order chi connectivity index (χ0) is 16.6. The number of hydrogen-bond acceptors (Lipinski definition) is 5. The van der Waals surface area contributed by atoms with Gasteiger partial charge in [-0.15, -0.1) is 11.8 Å². The molecule has 0 bridgehead atoms. The molecule has 1 unspecified atom stereocenters. The van der Waals surface area contributed by atoms with Crippen molar-refractivity contribution < 1.29 is 14.3 Å². The summed E-state index contributed by atoms with van der Waals surface area (Å²) in [6.45, 7) is 2.95. The first-order valence-electron chi connectivity index (χ1n) is 6.88. The SMILES string of the molecule is CC1Cc2nsc(=Nc3cc(SCC(=O)O)c(Cl)cc3F)n2C1. The molecule has 5 nitrogen and oxygen atoms in total. The first-order valence-corrected chi connectivity index (χ1v) is 9.01.